The molecule has 0 amide bonds. The maximum absolute atomic E-state index is 4.38. The van der Waals surface area contributed by atoms with E-state index in [1.54, 1.807) is 0 Å². The molecule has 0 aromatic carbocycles. The van der Waals surface area contributed by atoms with E-state index < -0.39 is 0 Å². The average Bonchev–Trinajstić information content (AvgIpc) is 2.55. The summed E-state index contributed by atoms with van der Waals surface area (Å²) in [5.41, 5.74) is 0.536. The van der Waals surface area contributed by atoms with Crippen LogP contribution in [-0.2, 0) is 0 Å². The molecule has 6 nitrogen and oxygen atoms in total. The summed E-state index contributed by atoms with van der Waals surface area (Å²) in [6.45, 7) is 1.81. The normalized spacial score (nSPS) is 10.3. The Hall–Kier alpha value is -1.72. The highest BCUT2D eigenvalue weighted by molar-refractivity contribution is 5.44. The third-order valence-corrected chi connectivity index (χ3v) is 1.19. The Labute approximate surface area is 61.6 Å². The van der Waals surface area contributed by atoms with Gasteiger partial charge in [0.2, 0.25) is 5.82 Å². The van der Waals surface area contributed by atoms with Gasteiger partial charge >= 0.3 is 0 Å². The molecular formula is C5H5N5O. The summed E-state index contributed by atoms with van der Waals surface area (Å²) in [6, 6.07) is 0. The number of nitrogens with one attached hydrogen (secondary N) is 1. The van der Waals surface area contributed by atoms with Crippen molar-refractivity contribution in [3.05, 3.63) is 12.0 Å². The highest BCUT2D eigenvalue weighted by Crippen LogP contribution is 2.07. The van der Waals surface area contributed by atoms with Crippen LogP contribution >= 0.6 is 0 Å². The molecule has 0 saturated heterocycles. The predicted molar refractivity (Wildman–Crippen MR) is 34.4 cm³/mol. The lowest BCUT2D eigenvalue weighted by Gasteiger charge is -1.77. The third kappa shape index (κ3) is 0.977. The number of hydrogen-bond donors (Lipinski definition) is 1. The number of hydrogen-bond acceptors (Lipinski definition) is 5. The van der Waals surface area contributed by atoms with Gasteiger partial charge in [-0.15, -0.1) is 0 Å². The maximum atomic E-state index is 4.38. The van der Waals surface area contributed by atoms with E-state index in [0.29, 0.717) is 11.5 Å². The minimum atomic E-state index is 0.503. The molecule has 0 unspecified atom stereocenters. The predicted octanol–water partition coefficient (Wildman–Crippen LogP) is 0.163. The van der Waals surface area contributed by atoms with E-state index in [2.05, 4.69) is 30.1 Å². The minimum Gasteiger partial charge on any atom is -0.263 e. The zero-order valence-corrected chi connectivity index (χ0v) is 5.77. The standard InChI is InChI=1S/C5H5N5O/c1-3-7-5(9-8-3)4-2-6-11-10-4/h2H,1H3,(H,7,8,9). The summed E-state index contributed by atoms with van der Waals surface area (Å²) in [6.07, 6.45) is 1.46. The summed E-state index contributed by atoms with van der Waals surface area (Å²) in [5.74, 6) is 1.24. The molecule has 0 atom stereocenters. The molecule has 0 aliphatic heterocycles. The Balaban J connectivity index is 2.45. The van der Waals surface area contributed by atoms with Crippen LogP contribution in [-0.4, -0.2) is 25.5 Å². The molecular weight excluding hydrogens is 146 g/mol. The van der Waals surface area contributed by atoms with E-state index >= 15 is 0 Å². The molecule has 56 valence electrons. The summed E-state index contributed by atoms with van der Waals surface area (Å²) in [5, 5.41) is 13.5. The van der Waals surface area contributed by atoms with Crippen LogP contribution in [0.5, 0.6) is 0 Å². The van der Waals surface area contributed by atoms with E-state index in [1.807, 2.05) is 6.92 Å². The Morgan fingerprint density at radius 3 is 3.00 bits per heavy atom. The van der Waals surface area contributed by atoms with Gasteiger partial charge in [0.15, 0.2) is 5.69 Å². The number of nitrogens with zero attached hydrogens (tertiary/aromatic N) is 4. The number of H-pyrrole nitrogens is 1. The van der Waals surface area contributed by atoms with Crippen molar-refractivity contribution in [2.75, 3.05) is 0 Å². The van der Waals surface area contributed by atoms with Gasteiger partial charge in [-0.2, -0.15) is 5.10 Å². The van der Waals surface area contributed by atoms with E-state index in [9.17, 15) is 0 Å². The van der Waals surface area contributed by atoms with Gasteiger partial charge in [-0.1, -0.05) is 5.16 Å². The molecule has 6 heteroatoms. The van der Waals surface area contributed by atoms with Crippen molar-refractivity contribution in [2.45, 2.75) is 6.92 Å². The van der Waals surface area contributed by atoms with Gasteiger partial charge in [-0.05, 0) is 12.1 Å². The van der Waals surface area contributed by atoms with Crippen LogP contribution in [0.25, 0.3) is 11.5 Å². The van der Waals surface area contributed by atoms with Crippen molar-refractivity contribution >= 4 is 0 Å². The molecule has 2 heterocycles. The zero-order chi connectivity index (χ0) is 7.68. The lowest BCUT2D eigenvalue weighted by Crippen LogP contribution is -1.78. The smallest absolute Gasteiger partial charge is 0.205 e. The van der Waals surface area contributed by atoms with E-state index in [0.717, 1.165) is 5.82 Å². The fourth-order valence-electron chi connectivity index (χ4n) is 0.720. The zero-order valence-electron chi connectivity index (χ0n) is 5.77. The lowest BCUT2D eigenvalue weighted by atomic mass is 10.5. The topological polar surface area (TPSA) is 80.5 Å². The molecule has 11 heavy (non-hydrogen) atoms. The summed E-state index contributed by atoms with van der Waals surface area (Å²) >= 11 is 0. The molecule has 0 spiro atoms. The van der Waals surface area contributed by atoms with Crippen molar-refractivity contribution in [3.8, 4) is 11.5 Å². The second kappa shape index (κ2) is 2.15. The van der Waals surface area contributed by atoms with Crippen LogP contribution in [0.1, 0.15) is 5.82 Å². The van der Waals surface area contributed by atoms with Crippen molar-refractivity contribution in [1.82, 2.24) is 25.5 Å². The van der Waals surface area contributed by atoms with E-state index in [-0.39, 0.29) is 0 Å². The van der Waals surface area contributed by atoms with Crippen LogP contribution in [0.4, 0.5) is 0 Å². The first-order valence-corrected chi connectivity index (χ1v) is 3.03. The molecule has 0 radical (unpaired) electrons. The molecule has 0 bridgehead atoms. The van der Waals surface area contributed by atoms with Crippen molar-refractivity contribution in [2.24, 2.45) is 0 Å². The highest BCUT2D eigenvalue weighted by atomic mass is 16.6. The van der Waals surface area contributed by atoms with Gasteiger partial charge < -0.3 is 0 Å². The van der Waals surface area contributed by atoms with Gasteiger partial charge in [-0.25, -0.2) is 9.61 Å². The third-order valence-electron chi connectivity index (χ3n) is 1.19. The summed E-state index contributed by atoms with van der Waals surface area (Å²) < 4.78 is 4.38. The van der Waals surface area contributed by atoms with Crippen LogP contribution in [0.15, 0.2) is 10.8 Å². The minimum absolute atomic E-state index is 0.503. The maximum Gasteiger partial charge on any atom is 0.205 e. The monoisotopic (exact) mass is 151 g/mol. The number of aromatic nitrogens is 5. The fraction of sp³-hybridized carbons (Fsp3) is 0.200. The van der Waals surface area contributed by atoms with E-state index in [4.69, 9.17) is 0 Å². The van der Waals surface area contributed by atoms with Gasteiger partial charge in [0.25, 0.3) is 0 Å². The Morgan fingerprint density at radius 2 is 2.45 bits per heavy atom. The Morgan fingerprint density at radius 1 is 1.55 bits per heavy atom. The molecule has 0 saturated carbocycles. The highest BCUT2D eigenvalue weighted by Gasteiger charge is 2.06. The van der Waals surface area contributed by atoms with Gasteiger partial charge in [0.05, 0.1) is 0 Å². The first-order chi connectivity index (χ1) is 5.36. The molecule has 2 rings (SSSR count). The average molecular weight is 151 g/mol. The molecule has 1 N–H and O–H groups in total. The number of rotatable bonds is 1. The quantitative estimate of drug-likeness (QED) is 0.628. The van der Waals surface area contributed by atoms with Gasteiger partial charge in [-0.3, -0.25) is 5.10 Å². The molecule has 0 fully saturated rings. The van der Waals surface area contributed by atoms with Crippen LogP contribution in [0, 0.1) is 6.92 Å². The summed E-state index contributed by atoms with van der Waals surface area (Å²) in [4.78, 5) is 4.02. The number of aromatic amines is 1. The van der Waals surface area contributed by atoms with Gasteiger partial charge in [0, 0.05) is 0 Å². The SMILES string of the molecule is Cc1nc(-c2cnon2)n[nH]1. The van der Waals surface area contributed by atoms with Gasteiger partial charge in [0.1, 0.15) is 12.0 Å². The first-order valence-electron chi connectivity index (χ1n) is 3.03. The Kier molecular flexibility index (Phi) is 1.18. The van der Waals surface area contributed by atoms with Crippen molar-refractivity contribution in [3.63, 3.8) is 0 Å². The van der Waals surface area contributed by atoms with Crippen molar-refractivity contribution in [1.29, 1.82) is 0 Å². The second-order valence-corrected chi connectivity index (χ2v) is 2.04. The first kappa shape index (κ1) is 6.02. The molecule has 2 aromatic rings. The lowest BCUT2D eigenvalue weighted by molar-refractivity contribution is 0.308. The number of aryl methyl sites for hydroxylation is 1. The van der Waals surface area contributed by atoms with Crippen LogP contribution in [0.2, 0.25) is 0 Å². The van der Waals surface area contributed by atoms with E-state index in [1.165, 1.54) is 6.20 Å². The van der Waals surface area contributed by atoms with Crippen molar-refractivity contribution < 1.29 is 4.63 Å². The molecule has 0 aliphatic rings. The Bertz CT molecular complexity index is 337. The van der Waals surface area contributed by atoms with Crippen LogP contribution in [0.3, 0.4) is 0 Å². The molecule has 0 aliphatic carbocycles. The molecule has 2 aromatic heterocycles. The largest absolute Gasteiger partial charge is 0.263 e. The fourth-order valence-corrected chi connectivity index (χ4v) is 0.720. The summed E-state index contributed by atoms with van der Waals surface area (Å²) in [7, 11) is 0. The second-order valence-electron chi connectivity index (χ2n) is 2.04. The van der Waals surface area contributed by atoms with Crippen LogP contribution < -0.4 is 0 Å².